The molecule has 16 heavy (non-hydrogen) atoms. The van der Waals surface area contributed by atoms with E-state index < -0.39 is 0 Å². The highest BCUT2D eigenvalue weighted by atomic mass is 16.5. The number of hydrogen-bond donors (Lipinski definition) is 1. The van der Waals surface area contributed by atoms with Gasteiger partial charge in [-0.1, -0.05) is 19.4 Å². The maximum atomic E-state index is 11.4. The number of fused-ring (bicyclic) bond motifs is 1. The summed E-state index contributed by atoms with van der Waals surface area (Å²) in [5, 5.41) is 1.19. The van der Waals surface area contributed by atoms with Crippen molar-refractivity contribution in [3.63, 3.8) is 0 Å². The van der Waals surface area contributed by atoms with E-state index in [1.54, 1.807) is 6.07 Å². The molecule has 1 N–H and O–H groups in total. The Labute approximate surface area is 94.4 Å². The third-order valence-corrected chi connectivity index (χ3v) is 2.71. The lowest BCUT2D eigenvalue weighted by Crippen LogP contribution is -2.00. The average molecular weight is 217 g/mol. The minimum Gasteiger partial charge on any atom is -0.465 e. The summed E-state index contributed by atoms with van der Waals surface area (Å²) in [6.45, 7) is 2.15. The molecule has 3 heteroatoms. The van der Waals surface area contributed by atoms with Crippen LogP contribution in [0.15, 0.2) is 24.4 Å². The number of carbonyl (C=O) groups excluding carboxylic acids is 1. The summed E-state index contributed by atoms with van der Waals surface area (Å²) in [5.41, 5.74) is 2.88. The summed E-state index contributed by atoms with van der Waals surface area (Å²) in [6.07, 6.45) is 4.18. The molecule has 0 atom stereocenters. The first-order valence-electron chi connectivity index (χ1n) is 5.44. The van der Waals surface area contributed by atoms with Gasteiger partial charge in [0.15, 0.2) is 0 Å². The second-order valence-electron chi connectivity index (χ2n) is 3.82. The van der Waals surface area contributed by atoms with Gasteiger partial charge in [0.2, 0.25) is 0 Å². The summed E-state index contributed by atoms with van der Waals surface area (Å²) in [4.78, 5) is 14.5. The topological polar surface area (TPSA) is 42.1 Å². The number of benzene rings is 1. The molecule has 0 fully saturated rings. The van der Waals surface area contributed by atoms with E-state index in [1.807, 2.05) is 18.3 Å². The molecule has 1 aromatic carbocycles. The van der Waals surface area contributed by atoms with Crippen LogP contribution >= 0.6 is 0 Å². The number of aromatic nitrogens is 1. The summed E-state index contributed by atoms with van der Waals surface area (Å²) >= 11 is 0. The van der Waals surface area contributed by atoms with E-state index in [0.717, 1.165) is 18.4 Å². The largest absolute Gasteiger partial charge is 0.465 e. The Balaban J connectivity index is 2.44. The number of aryl methyl sites for hydroxylation is 1. The van der Waals surface area contributed by atoms with E-state index in [-0.39, 0.29) is 5.97 Å². The van der Waals surface area contributed by atoms with Crippen LogP contribution in [0.1, 0.15) is 29.3 Å². The lowest BCUT2D eigenvalue weighted by Gasteiger charge is -2.00. The van der Waals surface area contributed by atoms with Crippen molar-refractivity contribution in [2.45, 2.75) is 19.8 Å². The number of carbonyl (C=O) groups is 1. The molecular weight excluding hydrogens is 202 g/mol. The minimum atomic E-state index is -0.298. The van der Waals surface area contributed by atoms with Gasteiger partial charge in [0.25, 0.3) is 0 Å². The van der Waals surface area contributed by atoms with E-state index in [2.05, 4.69) is 16.6 Å². The molecule has 0 aliphatic heterocycles. The molecule has 0 spiro atoms. The van der Waals surface area contributed by atoms with Crippen molar-refractivity contribution in [1.82, 2.24) is 4.98 Å². The van der Waals surface area contributed by atoms with Crippen LogP contribution in [0.3, 0.4) is 0 Å². The third-order valence-electron chi connectivity index (χ3n) is 2.71. The SMILES string of the molecule is CCCc1c[nH]c2cc(C(=O)OC)ccc12. The number of esters is 1. The van der Waals surface area contributed by atoms with Gasteiger partial charge in [0.1, 0.15) is 0 Å². The summed E-state index contributed by atoms with van der Waals surface area (Å²) in [6, 6.07) is 5.62. The lowest BCUT2D eigenvalue weighted by atomic mass is 10.1. The van der Waals surface area contributed by atoms with Gasteiger partial charge < -0.3 is 9.72 Å². The molecule has 0 bridgehead atoms. The second kappa shape index (κ2) is 4.39. The van der Waals surface area contributed by atoms with Gasteiger partial charge in [-0.3, -0.25) is 0 Å². The van der Waals surface area contributed by atoms with Crippen molar-refractivity contribution in [3.8, 4) is 0 Å². The van der Waals surface area contributed by atoms with E-state index >= 15 is 0 Å². The first-order chi connectivity index (χ1) is 7.76. The first-order valence-corrected chi connectivity index (χ1v) is 5.44. The van der Waals surface area contributed by atoms with Crippen LogP contribution in [0.25, 0.3) is 10.9 Å². The Morgan fingerprint density at radius 2 is 2.25 bits per heavy atom. The highest BCUT2D eigenvalue weighted by Crippen LogP contribution is 2.21. The van der Waals surface area contributed by atoms with Crippen molar-refractivity contribution in [1.29, 1.82) is 0 Å². The van der Waals surface area contributed by atoms with Crippen LogP contribution in [0.4, 0.5) is 0 Å². The van der Waals surface area contributed by atoms with Gasteiger partial charge in [-0.25, -0.2) is 4.79 Å². The molecule has 0 aliphatic carbocycles. The van der Waals surface area contributed by atoms with Gasteiger partial charge in [0.05, 0.1) is 12.7 Å². The third kappa shape index (κ3) is 1.81. The predicted molar refractivity (Wildman–Crippen MR) is 63.6 cm³/mol. The molecule has 0 aliphatic rings. The summed E-state index contributed by atoms with van der Waals surface area (Å²) < 4.78 is 4.69. The zero-order chi connectivity index (χ0) is 11.5. The maximum Gasteiger partial charge on any atom is 0.337 e. The van der Waals surface area contributed by atoms with Gasteiger partial charge in [-0.2, -0.15) is 0 Å². The van der Waals surface area contributed by atoms with E-state index in [0.29, 0.717) is 5.56 Å². The van der Waals surface area contributed by atoms with Gasteiger partial charge in [-0.05, 0) is 24.1 Å². The average Bonchev–Trinajstić information content (AvgIpc) is 2.71. The fourth-order valence-electron chi connectivity index (χ4n) is 1.91. The number of hydrogen-bond acceptors (Lipinski definition) is 2. The van der Waals surface area contributed by atoms with Gasteiger partial charge in [0, 0.05) is 17.1 Å². The Kier molecular flexibility index (Phi) is 2.95. The van der Waals surface area contributed by atoms with Crippen LogP contribution in [0.5, 0.6) is 0 Å². The fourth-order valence-corrected chi connectivity index (χ4v) is 1.91. The number of methoxy groups -OCH3 is 1. The second-order valence-corrected chi connectivity index (χ2v) is 3.82. The molecule has 2 aromatic rings. The highest BCUT2D eigenvalue weighted by Gasteiger charge is 2.08. The molecule has 2 rings (SSSR count). The minimum absolute atomic E-state index is 0.298. The molecule has 0 saturated carbocycles. The van der Waals surface area contributed by atoms with Gasteiger partial charge >= 0.3 is 5.97 Å². The van der Waals surface area contributed by atoms with Crippen LogP contribution in [-0.4, -0.2) is 18.1 Å². The molecule has 84 valence electrons. The van der Waals surface area contributed by atoms with Crippen LogP contribution < -0.4 is 0 Å². The van der Waals surface area contributed by atoms with E-state index in [4.69, 9.17) is 0 Å². The Morgan fingerprint density at radius 3 is 2.94 bits per heavy atom. The van der Waals surface area contributed by atoms with Crippen LogP contribution in [0.2, 0.25) is 0 Å². The molecule has 0 radical (unpaired) electrons. The standard InChI is InChI=1S/C13H15NO2/c1-3-4-10-8-14-12-7-9(13(15)16-2)5-6-11(10)12/h5-8,14H,3-4H2,1-2H3. The van der Waals surface area contributed by atoms with E-state index in [1.165, 1.54) is 18.1 Å². The molecule has 0 amide bonds. The maximum absolute atomic E-state index is 11.4. The smallest absolute Gasteiger partial charge is 0.337 e. The Morgan fingerprint density at radius 1 is 1.44 bits per heavy atom. The number of nitrogens with one attached hydrogen (secondary N) is 1. The van der Waals surface area contributed by atoms with Crippen molar-refractivity contribution < 1.29 is 9.53 Å². The zero-order valence-corrected chi connectivity index (χ0v) is 9.54. The molecule has 1 aromatic heterocycles. The van der Waals surface area contributed by atoms with Crippen molar-refractivity contribution in [3.05, 3.63) is 35.5 Å². The molecular formula is C13H15NO2. The first kappa shape index (κ1) is 10.7. The van der Waals surface area contributed by atoms with E-state index in [9.17, 15) is 4.79 Å². The number of aromatic amines is 1. The molecule has 0 unspecified atom stereocenters. The van der Waals surface area contributed by atoms with Crippen molar-refractivity contribution >= 4 is 16.9 Å². The normalized spacial score (nSPS) is 10.6. The fraction of sp³-hybridized carbons (Fsp3) is 0.308. The number of rotatable bonds is 3. The zero-order valence-electron chi connectivity index (χ0n) is 9.54. The van der Waals surface area contributed by atoms with Crippen LogP contribution in [0, 0.1) is 0 Å². The highest BCUT2D eigenvalue weighted by molar-refractivity contribution is 5.95. The van der Waals surface area contributed by atoms with Gasteiger partial charge in [-0.15, -0.1) is 0 Å². The quantitative estimate of drug-likeness (QED) is 0.803. The Hall–Kier alpha value is -1.77. The molecule has 1 heterocycles. The number of ether oxygens (including phenoxy) is 1. The lowest BCUT2D eigenvalue weighted by molar-refractivity contribution is 0.0601. The summed E-state index contributed by atoms with van der Waals surface area (Å²) in [5.74, 6) is -0.298. The predicted octanol–water partition coefficient (Wildman–Crippen LogP) is 2.91. The number of H-pyrrole nitrogens is 1. The molecule has 3 nitrogen and oxygen atoms in total. The van der Waals surface area contributed by atoms with Crippen molar-refractivity contribution in [2.24, 2.45) is 0 Å². The summed E-state index contributed by atoms with van der Waals surface area (Å²) in [7, 11) is 1.39. The molecule has 0 saturated heterocycles. The van der Waals surface area contributed by atoms with Crippen molar-refractivity contribution in [2.75, 3.05) is 7.11 Å². The monoisotopic (exact) mass is 217 g/mol. The van der Waals surface area contributed by atoms with Crippen LogP contribution in [-0.2, 0) is 11.2 Å². The Bertz CT molecular complexity index is 514.